The van der Waals surface area contributed by atoms with Crippen LogP contribution in [-0.4, -0.2) is 32.1 Å². The molecule has 0 atom stereocenters. The van der Waals surface area contributed by atoms with E-state index in [4.69, 9.17) is 0 Å². The third-order valence-corrected chi connectivity index (χ3v) is 4.18. The minimum absolute atomic E-state index is 0.936. The molecule has 0 aliphatic rings. The molecule has 1 N–H and O–H groups in total. The summed E-state index contributed by atoms with van der Waals surface area (Å²) in [6.07, 6.45) is 3.38. The lowest BCUT2D eigenvalue weighted by molar-refractivity contribution is 0.726. The van der Waals surface area contributed by atoms with Crippen molar-refractivity contribution in [2.75, 3.05) is 37.0 Å². The first-order valence-corrected chi connectivity index (χ1v) is 8.57. The van der Waals surface area contributed by atoms with Gasteiger partial charge in [-0.25, -0.2) is 0 Å². The molecule has 0 amide bonds. The first-order chi connectivity index (χ1) is 8.69. The highest BCUT2D eigenvalue weighted by atomic mass is 79.9. The second-order valence-electron chi connectivity index (χ2n) is 4.33. The monoisotopic (exact) mass is 330 g/mol. The number of benzene rings is 1. The number of anilines is 1. The zero-order chi connectivity index (χ0) is 13.4. The van der Waals surface area contributed by atoms with Crippen molar-refractivity contribution in [3.05, 3.63) is 28.2 Å². The third kappa shape index (κ3) is 5.21. The second-order valence-corrected chi connectivity index (χ2v) is 6.17. The number of hydrogen-bond donors (Lipinski definition) is 1. The van der Waals surface area contributed by atoms with Crippen molar-refractivity contribution in [2.24, 2.45) is 0 Å². The zero-order valence-electron chi connectivity index (χ0n) is 11.5. The summed E-state index contributed by atoms with van der Waals surface area (Å²) in [4.78, 5) is 2.32. The van der Waals surface area contributed by atoms with Crippen molar-refractivity contribution in [1.29, 1.82) is 0 Å². The summed E-state index contributed by atoms with van der Waals surface area (Å²) in [5.41, 5.74) is 2.60. The van der Waals surface area contributed by atoms with Gasteiger partial charge in [-0.15, -0.1) is 0 Å². The fourth-order valence-electron chi connectivity index (χ4n) is 1.81. The second kappa shape index (κ2) is 8.83. The Morgan fingerprint density at radius 2 is 2.17 bits per heavy atom. The lowest BCUT2D eigenvalue weighted by Gasteiger charge is -2.21. The van der Waals surface area contributed by atoms with Gasteiger partial charge in [-0.3, -0.25) is 0 Å². The lowest BCUT2D eigenvalue weighted by atomic mass is 10.2. The van der Waals surface area contributed by atoms with Crippen LogP contribution >= 0.6 is 27.7 Å². The van der Waals surface area contributed by atoms with Crippen LogP contribution in [0.1, 0.15) is 18.9 Å². The molecule has 0 aliphatic carbocycles. The van der Waals surface area contributed by atoms with Gasteiger partial charge in [0, 0.05) is 24.6 Å². The van der Waals surface area contributed by atoms with Gasteiger partial charge < -0.3 is 10.2 Å². The maximum atomic E-state index is 3.67. The van der Waals surface area contributed by atoms with Crippen LogP contribution in [-0.2, 0) is 6.54 Å². The first-order valence-electron chi connectivity index (χ1n) is 6.38. The standard InChI is InChI=1S/C14H23BrN2S/c1-4-16-11-12-6-7-14(13(15)10-12)17(2)8-5-9-18-3/h6-7,10,16H,4-5,8-9,11H2,1-3H3. The predicted octanol–water partition coefficient (Wildman–Crippen LogP) is 3.75. The van der Waals surface area contributed by atoms with Gasteiger partial charge in [0.15, 0.2) is 0 Å². The molecular formula is C14H23BrN2S. The molecule has 18 heavy (non-hydrogen) atoms. The topological polar surface area (TPSA) is 15.3 Å². The fourth-order valence-corrected chi connectivity index (χ4v) is 2.95. The summed E-state index contributed by atoms with van der Waals surface area (Å²) in [5, 5.41) is 3.35. The third-order valence-electron chi connectivity index (χ3n) is 2.84. The lowest BCUT2D eigenvalue weighted by Crippen LogP contribution is -2.19. The van der Waals surface area contributed by atoms with Crippen molar-refractivity contribution in [3.63, 3.8) is 0 Å². The maximum Gasteiger partial charge on any atom is 0.0508 e. The van der Waals surface area contributed by atoms with E-state index in [2.05, 4.69) is 64.6 Å². The Hall–Kier alpha value is -0.190. The van der Waals surface area contributed by atoms with Gasteiger partial charge in [-0.1, -0.05) is 13.0 Å². The summed E-state index contributed by atoms with van der Waals surface area (Å²) in [7, 11) is 2.16. The van der Waals surface area contributed by atoms with Crippen molar-refractivity contribution in [1.82, 2.24) is 5.32 Å². The highest BCUT2D eigenvalue weighted by Crippen LogP contribution is 2.26. The molecule has 0 aliphatic heterocycles. The van der Waals surface area contributed by atoms with E-state index in [0.717, 1.165) is 19.6 Å². The summed E-state index contributed by atoms with van der Waals surface area (Å²) in [6, 6.07) is 6.62. The largest absolute Gasteiger partial charge is 0.374 e. The van der Waals surface area contributed by atoms with E-state index in [1.807, 2.05) is 11.8 Å². The number of hydrogen-bond acceptors (Lipinski definition) is 3. The molecule has 1 aromatic carbocycles. The van der Waals surface area contributed by atoms with E-state index in [1.165, 1.54) is 27.9 Å². The van der Waals surface area contributed by atoms with E-state index in [-0.39, 0.29) is 0 Å². The van der Waals surface area contributed by atoms with Gasteiger partial charge in [-0.2, -0.15) is 11.8 Å². The number of rotatable bonds is 8. The summed E-state index contributed by atoms with van der Waals surface area (Å²) >= 11 is 5.58. The predicted molar refractivity (Wildman–Crippen MR) is 87.8 cm³/mol. The molecule has 102 valence electrons. The van der Waals surface area contributed by atoms with Crippen LogP contribution in [0.4, 0.5) is 5.69 Å². The van der Waals surface area contributed by atoms with E-state index < -0.39 is 0 Å². The molecule has 1 rings (SSSR count). The van der Waals surface area contributed by atoms with Gasteiger partial charge in [-0.05, 0) is 58.6 Å². The van der Waals surface area contributed by atoms with E-state index >= 15 is 0 Å². The SMILES string of the molecule is CCNCc1ccc(N(C)CCCSC)c(Br)c1. The average Bonchev–Trinajstić information content (AvgIpc) is 2.36. The number of nitrogens with one attached hydrogen (secondary N) is 1. The van der Waals surface area contributed by atoms with Gasteiger partial charge in [0.2, 0.25) is 0 Å². The van der Waals surface area contributed by atoms with Crippen molar-refractivity contribution in [3.8, 4) is 0 Å². The van der Waals surface area contributed by atoms with Crippen LogP contribution in [0.5, 0.6) is 0 Å². The Labute approximate surface area is 124 Å². The molecule has 0 radical (unpaired) electrons. The quantitative estimate of drug-likeness (QED) is 0.731. The Morgan fingerprint density at radius 1 is 1.39 bits per heavy atom. The van der Waals surface area contributed by atoms with E-state index in [9.17, 15) is 0 Å². The Morgan fingerprint density at radius 3 is 2.78 bits per heavy atom. The highest BCUT2D eigenvalue weighted by molar-refractivity contribution is 9.10. The smallest absolute Gasteiger partial charge is 0.0508 e. The van der Waals surface area contributed by atoms with Crippen LogP contribution in [0.2, 0.25) is 0 Å². The molecule has 0 saturated heterocycles. The number of thioether (sulfide) groups is 1. The molecule has 0 bridgehead atoms. The van der Waals surface area contributed by atoms with E-state index in [0.29, 0.717) is 0 Å². The molecule has 0 fully saturated rings. The van der Waals surface area contributed by atoms with Crippen LogP contribution in [0, 0.1) is 0 Å². The molecular weight excluding hydrogens is 308 g/mol. The molecule has 0 spiro atoms. The zero-order valence-corrected chi connectivity index (χ0v) is 13.9. The van der Waals surface area contributed by atoms with Crippen molar-refractivity contribution >= 4 is 33.4 Å². The molecule has 1 aromatic rings. The summed E-state index contributed by atoms with van der Waals surface area (Å²) in [6.45, 7) is 5.18. The minimum atomic E-state index is 0.936. The van der Waals surface area contributed by atoms with E-state index in [1.54, 1.807) is 0 Å². The van der Waals surface area contributed by atoms with Crippen LogP contribution < -0.4 is 10.2 Å². The number of nitrogens with zero attached hydrogens (tertiary/aromatic N) is 1. The first kappa shape index (κ1) is 15.9. The van der Waals surface area contributed by atoms with Crippen molar-refractivity contribution in [2.45, 2.75) is 19.9 Å². The van der Waals surface area contributed by atoms with Gasteiger partial charge >= 0.3 is 0 Å². The van der Waals surface area contributed by atoms with Gasteiger partial charge in [0.1, 0.15) is 0 Å². The molecule has 2 nitrogen and oxygen atoms in total. The van der Waals surface area contributed by atoms with Gasteiger partial charge in [0.05, 0.1) is 5.69 Å². The Balaban J connectivity index is 2.60. The highest BCUT2D eigenvalue weighted by Gasteiger charge is 2.06. The average molecular weight is 331 g/mol. The van der Waals surface area contributed by atoms with Crippen LogP contribution in [0.3, 0.4) is 0 Å². The Kier molecular flexibility index (Phi) is 7.79. The van der Waals surface area contributed by atoms with Crippen molar-refractivity contribution < 1.29 is 0 Å². The fraction of sp³-hybridized carbons (Fsp3) is 0.571. The summed E-state index contributed by atoms with van der Waals surface area (Å²) < 4.78 is 1.18. The molecule has 0 aromatic heterocycles. The van der Waals surface area contributed by atoms with Crippen LogP contribution in [0.15, 0.2) is 22.7 Å². The summed E-state index contributed by atoms with van der Waals surface area (Å²) in [5.74, 6) is 1.22. The normalized spacial score (nSPS) is 10.7. The minimum Gasteiger partial charge on any atom is -0.374 e. The van der Waals surface area contributed by atoms with Crippen LogP contribution in [0.25, 0.3) is 0 Å². The molecule has 0 unspecified atom stereocenters. The molecule has 0 saturated carbocycles. The maximum absolute atomic E-state index is 3.67. The molecule has 4 heteroatoms. The Bertz CT molecular complexity index is 358. The molecule has 0 heterocycles. The number of halogens is 1. The van der Waals surface area contributed by atoms with Gasteiger partial charge in [0.25, 0.3) is 0 Å².